The third-order valence-electron chi connectivity index (χ3n) is 3.06. The molecule has 0 aliphatic rings. The zero-order chi connectivity index (χ0) is 16.5. The molecule has 1 N–H and O–H groups in total. The van der Waals surface area contributed by atoms with E-state index in [0.29, 0.717) is 5.88 Å². The van der Waals surface area contributed by atoms with Gasteiger partial charge in [-0.05, 0) is 61.1 Å². The molecule has 0 aliphatic heterocycles. The third-order valence-corrected chi connectivity index (χ3v) is 4.04. The van der Waals surface area contributed by atoms with Gasteiger partial charge in [0.1, 0.15) is 19.0 Å². The molecule has 0 heterocycles. The van der Waals surface area contributed by atoms with Gasteiger partial charge in [-0.3, -0.25) is 0 Å². The zero-order valence-corrected chi connectivity index (χ0v) is 15.9. The minimum atomic E-state index is -0.205. The highest BCUT2D eigenvalue weighted by Gasteiger charge is 2.26. The molecule has 124 valence electrons. The van der Waals surface area contributed by atoms with Gasteiger partial charge in [-0.15, -0.1) is 0 Å². The number of hydrogen-bond donors (Lipinski definition) is 1. The fourth-order valence-electron chi connectivity index (χ4n) is 2.14. The van der Waals surface area contributed by atoms with E-state index in [-0.39, 0.29) is 25.0 Å². The van der Waals surface area contributed by atoms with E-state index in [1.807, 2.05) is 12.1 Å². The van der Waals surface area contributed by atoms with Crippen LogP contribution in [-0.4, -0.2) is 26.0 Å². The number of ether oxygens (including phenoxy) is 3. The lowest BCUT2D eigenvalue weighted by molar-refractivity contribution is -0.123. The average molecular weight is 419 g/mol. The van der Waals surface area contributed by atoms with Crippen molar-refractivity contribution in [2.75, 3.05) is 13.9 Å². The van der Waals surface area contributed by atoms with Crippen molar-refractivity contribution in [3.8, 4) is 0 Å². The summed E-state index contributed by atoms with van der Waals surface area (Å²) in [5.74, 6) is 0.568. The van der Waals surface area contributed by atoms with Crippen molar-refractivity contribution in [1.29, 1.82) is 0 Å². The lowest BCUT2D eigenvalue weighted by atomic mass is 10.0. The molecule has 4 nitrogen and oxygen atoms in total. The summed E-state index contributed by atoms with van der Waals surface area (Å²) in [4.78, 5) is 0. The van der Waals surface area contributed by atoms with E-state index in [0.717, 1.165) is 15.6 Å². The average Bonchev–Trinajstić information content (AvgIpc) is 2.47. The van der Waals surface area contributed by atoms with Crippen LogP contribution in [0.2, 0.25) is 0 Å². The van der Waals surface area contributed by atoms with Crippen LogP contribution in [0.5, 0.6) is 0 Å². The summed E-state index contributed by atoms with van der Waals surface area (Å²) in [6.45, 7) is 10.3. The Morgan fingerprint density at radius 2 is 2.00 bits per heavy atom. The van der Waals surface area contributed by atoms with Gasteiger partial charge in [0.25, 0.3) is 0 Å². The van der Waals surface area contributed by atoms with Crippen LogP contribution < -0.4 is 5.32 Å². The summed E-state index contributed by atoms with van der Waals surface area (Å²) in [5, 5.41) is 3.18. The largest absolute Gasteiger partial charge is 0.473 e. The second kappa shape index (κ2) is 10.1. The maximum absolute atomic E-state index is 5.99. The Balaban J connectivity index is 2.92. The van der Waals surface area contributed by atoms with Gasteiger partial charge >= 0.3 is 0 Å². The van der Waals surface area contributed by atoms with Gasteiger partial charge in [0.05, 0.1) is 0 Å². The Morgan fingerprint density at radius 3 is 2.55 bits per heavy atom. The van der Waals surface area contributed by atoms with Crippen molar-refractivity contribution in [1.82, 2.24) is 5.32 Å². The molecule has 0 spiro atoms. The maximum atomic E-state index is 5.99. The highest BCUT2D eigenvalue weighted by molar-refractivity contribution is 14.1. The Morgan fingerprint density at radius 1 is 1.32 bits per heavy atom. The van der Waals surface area contributed by atoms with Crippen LogP contribution in [0.1, 0.15) is 38.9 Å². The number of benzene rings is 1. The van der Waals surface area contributed by atoms with Gasteiger partial charge in [0.2, 0.25) is 0 Å². The van der Waals surface area contributed by atoms with Crippen molar-refractivity contribution in [2.45, 2.75) is 45.4 Å². The molecule has 0 unspecified atom stereocenters. The van der Waals surface area contributed by atoms with Gasteiger partial charge in [-0.25, -0.2) is 0 Å². The molecule has 0 aliphatic carbocycles. The lowest BCUT2D eigenvalue weighted by Crippen LogP contribution is -2.30. The molecule has 22 heavy (non-hydrogen) atoms. The molecule has 0 amide bonds. The van der Waals surface area contributed by atoms with Gasteiger partial charge in [-0.2, -0.15) is 0 Å². The van der Waals surface area contributed by atoms with Crippen LogP contribution in [0.25, 0.3) is 0 Å². The molecule has 0 saturated heterocycles. The van der Waals surface area contributed by atoms with E-state index >= 15 is 0 Å². The van der Waals surface area contributed by atoms with Gasteiger partial charge in [-0.1, -0.05) is 25.1 Å². The molecule has 1 aromatic carbocycles. The molecule has 5 heteroatoms. The van der Waals surface area contributed by atoms with E-state index < -0.39 is 0 Å². The molecule has 1 rings (SSSR count). The Hall–Kier alpha value is -0.790. The normalized spacial score (nSPS) is 13.7. The first kappa shape index (κ1) is 19.3. The van der Waals surface area contributed by atoms with Crippen LogP contribution in [0.15, 0.2) is 36.7 Å². The second-order valence-electron chi connectivity index (χ2n) is 5.30. The topological polar surface area (TPSA) is 39.7 Å². The first-order valence-corrected chi connectivity index (χ1v) is 8.54. The molecule has 0 bridgehead atoms. The summed E-state index contributed by atoms with van der Waals surface area (Å²) in [6.07, 6.45) is 0.464. The van der Waals surface area contributed by atoms with Crippen molar-refractivity contribution < 1.29 is 14.2 Å². The maximum Gasteiger partial charge on any atom is 0.179 e. The molecule has 1 aromatic rings. The van der Waals surface area contributed by atoms with Crippen LogP contribution in [-0.2, 0) is 14.2 Å². The lowest BCUT2D eigenvalue weighted by Gasteiger charge is -2.29. The SMILES string of the molecule is C=C(NC(C)C)O[C@@H](CC)[C@@H](OCOC)c1ccccc1I. The van der Waals surface area contributed by atoms with E-state index in [4.69, 9.17) is 14.2 Å². The van der Waals surface area contributed by atoms with E-state index in [9.17, 15) is 0 Å². The zero-order valence-electron chi connectivity index (χ0n) is 13.8. The number of halogens is 1. The fraction of sp³-hybridized carbons (Fsp3) is 0.529. The third kappa shape index (κ3) is 6.14. The molecule has 0 radical (unpaired) electrons. The van der Waals surface area contributed by atoms with E-state index in [2.05, 4.69) is 67.4 Å². The fourth-order valence-corrected chi connectivity index (χ4v) is 2.84. The minimum Gasteiger partial charge on any atom is -0.473 e. The van der Waals surface area contributed by atoms with Gasteiger partial charge in [0.15, 0.2) is 5.88 Å². The highest BCUT2D eigenvalue weighted by Crippen LogP contribution is 2.30. The first-order valence-electron chi connectivity index (χ1n) is 7.46. The highest BCUT2D eigenvalue weighted by atomic mass is 127. The standard InChI is InChI=1S/C17H26INO3/c1-6-16(22-13(4)19-12(2)3)17(21-11-20-5)14-9-7-8-10-15(14)18/h7-10,12,16-17,19H,4,6,11H2,1-3,5H3/t16-,17-/m0/s1. The number of hydrogen-bond acceptors (Lipinski definition) is 4. The Labute approximate surface area is 147 Å². The molecule has 0 saturated carbocycles. The van der Waals surface area contributed by atoms with Crippen LogP contribution in [0, 0.1) is 3.57 Å². The number of methoxy groups -OCH3 is 1. The van der Waals surface area contributed by atoms with Crippen molar-refractivity contribution in [3.63, 3.8) is 0 Å². The second-order valence-corrected chi connectivity index (χ2v) is 6.46. The number of rotatable bonds is 10. The monoisotopic (exact) mass is 419 g/mol. The summed E-state index contributed by atoms with van der Waals surface area (Å²) in [6, 6.07) is 8.42. The molecule has 0 fully saturated rings. The van der Waals surface area contributed by atoms with Crippen LogP contribution >= 0.6 is 22.6 Å². The predicted octanol–water partition coefficient (Wildman–Crippen LogP) is 4.22. The number of nitrogens with one attached hydrogen (secondary N) is 1. The Bertz CT molecular complexity index is 465. The van der Waals surface area contributed by atoms with Gasteiger partial charge < -0.3 is 19.5 Å². The van der Waals surface area contributed by atoms with Gasteiger partial charge in [0, 0.05) is 16.7 Å². The molecule has 0 aromatic heterocycles. The minimum absolute atomic E-state index is 0.134. The molecular formula is C17H26INO3. The van der Waals surface area contributed by atoms with Crippen LogP contribution in [0.4, 0.5) is 0 Å². The summed E-state index contributed by atoms with van der Waals surface area (Å²) in [5.41, 5.74) is 1.10. The summed E-state index contributed by atoms with van der Waals surface area (Å²) >= 11 is 2.32. The van der Waals surface area contributed by atoms with Crippen molar-refractivity contribution in [3.05, 3.63) is 45.9 Å². The quantitative estimate of drug-likeness (QED) is 0.350. The van der Waals surface area contributed by atoms with Crippen LogP contribution in [0.3, 0.4) is 0 Å². The van der Waals surface area contributed by atoms with E-state index in [1.54, 1.807) is 7.11 Å². The first-order chi connectivity index (χ1) is 10.5. The smallest absolute Gasteiger partial charge is 0.179 e. The molecule has 2 atom stereocenters. The van der Waals surface area contributed by atoms with E-state index in [1.165, 1.54) is 0 Å². The Kier molecular flexibility index (Phi) is 8.82. The summed E-state index contributed by atoms with van der Waals surface area (Å²) in [7, 11) is 1.62. The van der Waals surface area contributed by atoms with Crippen molar-refractivity contribution >= 4 is 22.6 Å². The predicted molar refractivity (Wildman–Crippen MR) is 97.4 cm³/mol. The molecular weight excluding hydrogens is 393 g/mol. The van der Waals surface area contributed by atoms with Crippen molar-refractivity contribution in [2.24, 2.45) is 0 Å². The summed E-state index contributed by atoms with van der Waals surface area (Å²) < 4.78 is 18.1.